The normalized spacial score (nSPS) is 12.9. The van der Waals surface area contributed by atoms with Crippen molar-refractivity contribution in [3.8, 4) is 0 Å². The van der Waals surface area contributed by atoms with E-state index in [1.54, 1.807) is 0 Å². The van der Waals surface area contributed by atoms with Crippen LogP contribution in [0.4, 0.5) is 5.69 Å². The monoisotopic (exact) mass is 164 g/mol. The Hall–Kier alpha value is -1.02. The molecule has 0 aromatic heterocycles. The zero-order valence-corrected chi connectivity index (χ0v) is 7.67. The molecule has 0 spiro atoms. The van der Waals surface area contributed by atoms with Crippen LogP contribution in [0.3, 0.4) is 0 Å². The van der Waals surface area contributed by atoms with Gasteiger partial charge in [0.1, 0.15) is 0 Å². The van der Waals surface area contributed by atoms with E-state index in [1.165, 1.54) is 11.1 Å². The summed E-state index contributed by atoms with van der Waals surface area (Å²) in [5, 5.41) is 0. The summed E-state index contributed by atoms with van der Waals surface area (Å²) in [6.07, 6.45) is 0.900. The topological polar surface area (TPSA) is 52.0 Å². The summed E-state index contributed by atoms with van der Waals surface area (Å²) >= 11 is 0. The van der Waals surface area contributed by atoms with Gasteiger partial charge in [-0.15, -0.1) is 0 Å². The van der Waals surface area contributed by atoms with E-state index in [-0.39, 0.29) is 6.04 Å². The minimum absolute atomic E-state index is 0.200. The molecule has 1 rings (SSSR count). The molecule has 4 N–H and O–H groups in total. The maximum absolute atomic E-state index is 5.70. The largest absolute Gasteiger partial charge is 0.399 e. The molecule has 1 aromatic carbocycles. The summed E-state index contributed by atoms with van der Waals surface area (Å²) in [6, 6.07) is 6.15. The molecule has 0 saturated carbocycles. The summed E-state index contributed by atoms with van der Waals surface area (Å²) < 4.78 is 0. The highest BCUT2D eigenvalue weighted by molar-refractivity contribution is 5.44. The van der Waals surface area contributed by atoms with Crippen molar-refractivity contribution in [3.63, 3.8) is 0 Å². The predicted molar refractivity (Wildman–Crippen MR) is 52.9 cm³/mol. The summed E-state index contributed by atoms with van der Waals surface area (Å²) in [5.41, 5.74) is 14.7. The second kappa shape index (κ2) is 3.59. The van der Waals surface area contributed by atoms with Crippen molar-refractivity contribution >= 4 is 5.69 Å². The highest BCUT2D eigenvalue weighted by Gasteiger charge is 2.01. The van der Waals surface area contributed by atoms with E-state index in [4.69, 9.17) is 11.5 Å². The van der Waals surface area contributed by atoms with Crippen molar-refractivity contribution in [2.45, 2.75) is 26.3 Å². The Bertz CT molecular complexity index is 267. The lowest BCUT2D eigenvalue weighted by Crippen LogP contribution is -2.18. The Morgan fingerprint density at radius 2 is 2.08 bits per heavy atom. The maximum Gasteiger partial charge on any atom is 0.0316 e. The number of anilines is 1. The van der Waals surface area contributed by atoms with Crippen molar-refractivity contribution in [2.75, 3.05) is 5.73 Å². The van der Waals surface area contributed by atoms with Crippen molar-refractivity contribution < 1.29 is 0 Å². The molecule has 1 atom stereocenters. The lowest BCUT2D eigenvalue weighted by Gasteiger charge is -2.09. The Morgan fingerprint density at radius 1 is 1.42 bits per heavy atom. The molecule has 0 saturated heterocycles. The van der Waals surface area contributed by atoms with Crippen molar-refractivity contribution in [1.82, 2.24) is 0 Å². The third kappa shape index (κ3) is 2.24. The second-order valence-electron chi connectivity index (χ2n) is 3.37. The van der Waals surface area contributed by atoms with Crippen LogP contribution in [-0.2, 0) is 6.42 Å². The Labute approximate surface area is 73.6 Å². The molecule has 0 bridgehead atoms. The summed E-state index contributed by atoms with van der Waals surface area (Å²) in [4.78, 5) is 0. The minimum Gasteiger partial charge on any atom is -0.399 e. The molecule has 12 heavy (non-hydrogen) atoms. The van der Waals surface area contributed by atoms with Crippen LogP contribution in [-0.4, -0.2) is 6.04 Å². The fraction of sp³-hybridized carbons (Fsp3) is 0.400. The highest BCUT2D eigenvalue weighted by Crippen LogP contribution is 2.13. The van der Waals surface area contributed by atoms with Gasteiger partial charge in [0, 0.05) is 11.7 Å². The van der Waals surface area contributed by atoms with E-state index in [0.717, 1.165) is 12.1 Å². The van der Waals surface area contributed by atoms with Crippen LogP contribution in [0.2, 0.25) is 0 Å². The van der Waals surface area contributed by atoms with Crippen LogP contribution >= 0.6 is 0 Å². The fourth-order valence-corrected chi connectivity index (χ4v) is 1.26. The predicted octanol–water partition coefficient (Wildman–Crippen LogP) is 1.47. The first kappa shape index (κ1) is 9.07. The van der Waals surface area contributed by atoms with E-state index in [0.29, 0.717) is 0 Å². The van der Waals surface area contributed by atoms with E-state index >= 15 is 0 Å². The van der Waals surface area contributed by atoms with Gasteiger partial charge in [0.15, 0.2) is 0 Å². The zero-order valence-electron chi connectivity index (χ0n) is 7.67. The van der Waals surface area contributed by atoms with Gasteiger partial charge < -0.3 is 11.5 Å². The minimum atomic E-state index is 0.200. The summed E-state index contributed by atoms with van der Waals surface area (Å²) in [6.45, 7) is 4.08. The second-order valence-corrected chi connectivity index (χ2v) is 3.37. The Morgan fingerprint density at radius 3 is 2.67 bits per heavy atom. The smallest absolute Gasteiger partial charge is 0.0316 e. The standard InChI is InChI=1S/C10H16N2/c1-7-3-4-10(12)6-9(7)5-8(2)11/h3-4,6,8H,5,11-12H2,1-2H3/t8-/m1/s1. The maximum atomic E-state index is 5.70. The van der Waals surface area contributed by atoms with Gasteiger partial charge in [-0.1, -0.05) is 6.07 Å². The van der Waals surface area contributed by atoms with Gasteiger partial charge in [0.2, 0.25) is 0 Å². The number of nitrogen functional groups attached to an aromatic ring is 1. The SMILES string of the molecule is Cc1ccc(N)cc1C[C@@H](C)N. The zero-order chi connectivity index (χ0) is 9.14. The third-order valence-corrected chi connectivity index (χ3v) is 1.92. The molecule has 2 heteroatoms. The fourth-order valence-electron chi connectivity index (χ4n) is 1.26. The van der Waals surface area contributed by atoms with Gasteiger partial charge in [-0.05, 0) is 43.5 Å². The van der Waals surface area contributed by atoms with Gasteiger partial charge >= 0.3 is 0 Å². The van der Waals surface area contributed by atoms with E-state index in [2.05, 4.69) is 6.92 Å². The van der Waals surface area contributed by atoms with Crippen LogP contribution in [0.15, 0.2) is 18.2 Å². The molecule has 1 aromatic rings. The first-order valence-corrected chi connectivity index (χ1v) is 4.20. The Kier molecular flexibility index (Phi) is 2.71. The molecule has 0 amide bonds. The molecule has 66 valence electrons. The molecule has 0 unspecified atom stereocenters. The summed E-state index contributed by atoms with van der Waals surface area (Å²) in [5.74, 6) is 0. The first-order valence-electron chi connectivity index (χ1n) is 4.20. The molecule has 0 aliphatic rings. The van der Waals surface area contributed by atoms with E-state index in [9.17, 15) is 0 Å². The van der Waals surface area contributed by atoms with Crippen LogP contribution < -0.4 is 11.5 Å². The number of aryl methyl sites for hydroxylation is 1. The lowest BCUT2D eigenvalue weighted by atomic mass is 10.0. The van der Waals surface area contributed by atoms with Gasteiger partial charge in [-0.25, -0.2) is 0 Å². The van der Waals surface area contributed by atoms with Crippen LogP contribution in [0.1, 0.15) is 18.1 Å². The molecule has 2 nitrogen and oxygen atoms in total. The Balaban J connectivity index is 2.90. The van der Waals surface area contributed by atoms with Crippen molar-refractivity contribution in [1.29, 1.82) is 0 Å². The van der Waals surface area contributed by atoms with Gasteiger partial charge in [0.25, 0.3) is 0 Å². The van der Waals surface area contributed by atoms with Crippen LogP contribution in [0, 0.1) is 6.92 Å². The van der Waals surface area contributed by atoms with Gasteiger partial charge in [0.05, 0.1) is 0 Å². The first-order chi connectivity index (χ1) is 5.59. The van der Waals surface area contributed by atoms with E-state index < -0.39 is 0 Å². The van der Waals surface area contributed by atoms with E-state index in [1.807, 2.05) is 25.1 Å². The molecular weight excluding hydrogens is 148 g/mol. The average Bonchev–Trinajstić information content (AvgIpc) is 1.96. The number of benzene rings is 1. The number of hydrogen-bond donors (Lipinski definition) is 2. The third-order valence-electron chi connectivity index (χ3n) is 1.92. The number of hydrogen-bond acceptors (Lipinski definition) is 2. The molecular formula is C10H16N2. The average molecular weight is 164 g/mol. The summed E-state index contributed by atoms with van der Waals surface area (Å²) in [7, 11) is 0. The van der Waals surface area contributed by atoms with Crippen molar-refractivity contribution in [2.24, 2.45) is 5.73 Å². The molecule has 0 radical (unpaired) electrons. The van der Waals surface area contributed by atoms with Gasteiger partial charge in [-0.3, -0.25) is 0 Å². The molecule has 0 aliphatic heterocycles. The van der Waals surface area contributed by atoms with Crippen LogP contribution in [0.5, 0.6) is 0 Å². The van der Waals surface area contributed by atoms with Crippen LogP contribution in [0.25, 0.3) is 0 Å². The number of rotatable bonds is 2. The quantitative estimate of drug-likeness (QED) is 0.650. The lowest BCUT2D eigenvalue weighted by molar-refractivity contribution is 0.735. The van der Waals surface area contributed by atoms with Gasteiger partial charge in [-0.2, -0.15) is 0 Å². The molecule has 0 aliphatic carbocycles. The highest BCUT2D eigenvalue weighted by atomic mass is 14.6. The molecule has 0 fully saturated rings. The molecule has 0 heterocycles. The van der Waals surface area contributed by atoms with Crippen molar-refractivity contribution in [3.05, 3.63) is 29.3 Å². The number of nitrogens with two attached hydrogens (primary N) is 2.